The summed E-state index contributed by atoms with van der Waals surface area (Å²) in [5.74, 6) is 0.291. The highest BCUT2D eigenvalue weighted by atomic mass is 19.1. The SMILES string of the molecule is CC(=O)c1c(C)oc(Nc2ccc(-c3ccc(F)cc3)nn2)c1C#N. The number of carbonyl (C=O) groups is 1. The average Bonchev–Trinajstić information content (AvgIpc) is 2.91. The van der Waals surface area contributed by atoms with Gasteiger partial charge in [0.1, 0.15) is 23.2 Å². The zero-order valence-electron chi connectivity index (χ0n) is 13.5. The second-order valence-electron chi connectivity index (χ2n) is 5.34. The maximum absolute atomic E-state index is 13.0. The summed E-state index contributed by atoms with van der Waals surface area (Å²) in [5, 5.41) is 20.2. The van der Waals surface area contributed by atoms with E-state index in [1.165, 1.54) is 19.1 Å². The number of Topliss-reactive ketones (excluding diaryl/α,β-unsaturated/α-hetero) is 1. The molecule has 0 atom stereocenters. The number of nitrogens with zero attached hydrogens (tertiary/aromatic N) is 3. The number of hydrogen-bond acceptors (Lipinski definition) is 6. The van der Waals surface area contributed by atoms with Crippen molar-refractivity contribution in [3.05, 3.63) is 59.1 Å². The van der Waals surface area contributed by atoms with Crippen LogP contribution in [0.15, 0.2) is 40.8 Å². The van der Waals surface area contributed by atoms with Crippen LogP contribution in [0.5, 0.6) is 0 Å². The Kier molecular flexibility index (Phi) is 4.27. The molecule has 7 heteroatoms. The Morgan fingerprint density at radius 2 is 1.92 bits per heavy atom. The molecule has 3 rings (SSSR count). The molecule has 0 saturated carbocycles. The van der Waals surface area contributed by atoms with Gasteiger partial charge in [-0.15, -0.1) is 10.2 Å². The van der Waals surface area contributed by atoms with Gasteiger partial charge in [-0.05, 0) is 50.2 Å². The molecule has 0 saturated heterocycles. The summed E-state index contributed by atoms with van der Waals surface area (Å²) >= 11 is 0. The molecule has 0 radical (unpaired) electrons. The van der Waals surface area contributed by atoms with Crippen LogP contribution >= 0.6 is 0 Å². The molecule has 0 fully saturated rings. The second-order valence-corrected chi connectivity index (χ2v) is 5.34. The van der Waals surface area contributed by atoms with E-state index in [0.717, 1.165) is 5.56 Å². The molecule has 1 N–H and O–H groups in total. The van der Waals surface area contributed by atoms with E-state index < -0.39 is 0 Å². The summed E-state index contributed by atoms with van der Waals surface area (Å²) in [6.45, 7) is 2.99. The Hall–Kier alpha value is -3.53. The Morgan fingerprint density at radius 1 is 1.20 bits per heavy atom. The first-order valence-corrected chi connectivity index (χ1v) is 7.40. The number of nitriles is 1. The van der Waals surface area contributed by atoms with Crippen molar-refractivity contribution >= 4 is 17.5 Å². The number of benzene rings is 1. The van der Waals surface area contributed by atoms with Crippen molar-refractivity contribution < 1.29 is 13.6 Å². The van der Waals surface area contributed by atoms with Crippen LogP contribution in [0.2, 0.25) is 0 Å². The Morgan fingerprint density at radius 3 is 2.48 bits per heavy atom. The summed E-state index contributed by atoms with van der Waals surface area (Å²) in [6, 6.07) is 11.2. The highest BCUT2D eigenvalue weighted by Crippen LogP contribution is 2.29. The number of ketones is 1. The second kappa shape index (κ2) is 6.53. The minimum atomic E-state index is -0.325. The predicted molar refractivity (Wildman–Crippen MR) is 88.9 cm³/mol. The standard InChI is InChI=1S/C18H13FN4O2/c1-10(24)17-11(2)25-18(14(17)9-20)21-16-8-7-15(22-23-16)12-3-5-13(19)6-4-12/h3-8H,1-2H3,(H,21,23). The average molecular weight is 336 g/mol. The molecule has 3 aromatic rings. The Labute approximate surface area is 142 Å². The third kappa shape index (κ3) is 3.23. The van der Waals surface area contributed by atoms with Gasteiger partial charge >= 0.3 is 0 Å². The molecule has 0 bridgehead atoms. The lowest BCUT2D eigenvalue weighted by Gasteiger charge is -2.04. The van der Waals surface area contributed by atoms with Crippen LogP contribution in [0.3, 0.4) is 0 Å². The predicted octanol–water partition coefficient (Wildman–Crippen LogP) is 4.00. The molecule has 25 heavy (non-hydrogen) atoms. The van der Waals surface area contributed by atoms with Crippen LogP contribution < -0.4 is 5.32 Å². The minimum Gasteiger partial charge on any atom is -0.443 e. The van der Waals surface area contributed by atoms with Gasteiger partial charge in [0.25, 0.3) is 0 Å². The van der Waals surface area contributed by atoms with Gasteiger partial charge in [-0.2, -0.15) is 5.26 Å². The number of aryl methyl sites for hydroxylation is 1. The topological polar surface area (TPSA) is 91.8 Å². The molecule has 0 unspecified atom stereocenters. The van der Waals surface area contributed by atoms with Crippen LogP contribution in [0.1, 0.15) is 28.6 Å². The van der Waals surface area contributed by atoms with Crippen LogP contribution in [-0.4, -0.2) is 16.0 Å². The van der Waals surface area contributed by atoms with E-state index in [1.54, 1.807) is 31.2 Å². The first-order chi connectivity index (χ1) is 12.0. The van der Waals surface area contributed by atoms with Crippen molar-refractivity contribution in [1.29, 1.82) is 5.26 Å². The van der Waals surface area contributed by atoms with E-state index in [1.807, 2.05) is 6.07 Å². The van der Waals surface area contributed by atoms with E-state index in [9.17, 15) is 14.4 Å². The normalized spacial score (nSPS) is 10.3. The van der Waals surface area contributed by atoms with E-state index in [4.69, 9.17) is 4.42 Å². The molecule has 0 aliphatic heterocycles. The molecule has 2 aromatic heterocycles. The van der Waals surface area contributed by atoms with Gasteiger partial charge in [0.2, 0.25) is 5.88 Å². The molecule has 6 nitrogen and oxygen atoms in total. The number of hydrogen-bond donors (Lipinski definition) is 1. The quantitative estimate of drug-likeness (QED) is 0.724. The lowest BCUT2D eigenvalue weighted by molar-refractivity contribution is 0.101. The van der Waals surface area contributed by atoms with Crippen molar-refractivity contribution in [3.8, 4) is 17.3 Å². The summed E-state index contributed by atoms with van der Waals surface area (Å²) in [5.41, 5.74) is 1.69. The molecule has 1 aromatic carbocycles. The van der Waals surface area contributed by atoms with E-state index in [2.05, 4.69) is 15.5 Å². The maximum Gasteiger partial charge on any atom is 0.217 e. The zero-order chi connectivity index (χ0) is 18.0. The van der Waals surface area contributed by atoms with Gasteiger partial charge in [-0.1, -0.05) is 0 Å². The van der Waals surface area contributed by atoms with E-state index >= 15 is 0 Å². The molecule has 0 aliphatic rings. The van der Waals surface area contributed by atoms with Gasteiger partial charge < -0.3 is 9.73 Å². The van der Waals surface area contributed by atoms with Gasteiger partial charge in [0.15, 0.2) is 11.6 Å². The van der Waals surface area contributed by atoms with E-state index in [-0.39, 0.29) is 28.6 Å². The number of nitrogens with one attached hydrogen (secondary N) is 1. The fourth-order valence-electron chi connectivity index (χ4n) is 2.45. The maximum atomic E-state index is 13.0. The van der Waals surface area contributed by atoms with Gasteiger partial charge in [-0.25, -0.2) is 4.39 Å². The minimum absolute atomic E-state index is 0.134. The van der Waals surface area contributed by atoms with Crippen molar-refractivity contribution in [3.63, 3.8) is 0 Å². The van der Waals surface area contributed by atoms with Crippen LogP contribution in [0.25, 0.3) is 11.3 Å². The summed E-state index contributed by atoms with van der Waals surface area (Å²) in [6.07, 6.45) is 0. The lowest BCUT2D eigenvalue weighted by Crippen LogP contribution is -1.99. The molecular formula is C18H13FN4O2. The largest absolute Gasteiger partial charge is 0.443 e. The summed E-state index contributed by atoms with van der Waals surface area (Å²) in [7, 11) is 0. The third-order valence-corrected chi connectivity index (χ3v) is 3.59. The highest BCUT2D eigenvalue weighted by Gasteiger charge is 2.21. The first kappa shape index (κ1) is 16.3. The van der Waals surface area contributed by atoms with Crippen molar-refractivity contribution in [2.24, 2.45) is 0 Å². The Balaban J connectivity index is 1.87. The fourth-order valence-corrected chi connectivity index (χ4v) is 2.45. The van der Waals surface area contributed by atoms with Crippen molar-refractivity contribution in [1.82, 2.24) is 10.2 Å². The van der Waals surface area contributed by atoms with Gasteiger partial charge in [0.05, 0.1) is 11.3 Å². The molecule has 0 spiro atoms. The molecule has 124 valence electrons. The highest BCUT2D eigenvalue weighted by molar-refractivity contribution is 5.99. The van der Waals surface area contributed by atoms with Gasteiger partial charge in [0, 0.05) is 5.56 Å². The number of aromatic nitrogens is 2. The number of carbonyl (C=O) groups excluding carboxylic acids is 1. The third-order valence-electron chi connectivity index (χ3n) is 3.59. The van der Waals surface area contributed by atoms with Crippen LogP contribution in [0.4, 0.5) is 16.1 Å². The number of anilines is 2. The van der Waals surface area contributed by atoms with Crippen LogP contribution in [-0.2, 0) is 0 Å². The van der Waals surface area contributed by atoms with Crippen LogP contribution in [0, 0.1) is 24.1 Å². The molecule has 2 heterocycles. The number of halogens is 1. The fraction of sp³-hybridized carbons (Fsp3) is 0.111. The zero-order valence-corrected chi connectivity index (χ0v) is 13.5. The smallest absolute Gasteiger partial charge is 0.217 e. The van der Waals surface area contributed by atoms with E-state index in [0.29, 0.717) is 17.3 Å². The summed E-state index contributed by atoms with van der Waals surface area (Å²) in [4.78, 5) is 11.6. The molecule has 0 amide bonds. The van der Waals surface area contributed by atoms with Crippen molar-refractivity contribution in [2.45, 2.75) is 13.8 Å². The Bertz CT molecular complexity index is 970. The number of rotatable bonds is 4. The monoisotopic (exact) mass is 336 g/mol. The van der Waals surface area contributed by atoms with Gasteiger partial charge in [-0.3, -0.25) is 4.79 Å². The summed E-state index contributed by atoms with van der Waals surface area (Å²) < 4.78 is 18.4. The first-order valence-electron chi connectivity index (χ1n) is 7.40. The molecular weight excluding hydrogens is 323 g/mol. The lowest BCUT2D eigenvalue weighted by atomic mass is 10.1. The number of furan rings is 1. The molecule has 0 aliphatic carbocycles. The van der Waals surface area contributed by atoms with Crippen molar-refractivity contribution in [2.75, 3.05) is 5.32 Å².